The zero-order valence-corrected chi connectivity index (χ0v) is 22.7. The predicted octanol–water partition coefficient (Wildman–Crippen LogP) is 3.02. The van der Waals surface area contributed by atoms with Crippen LogP contribution in [-0.4, -0.2) is 41.9 Å². The lowest BCUT2D eigenvalue weighted by atomic mass is 10.0. The minimum Gasteiger partial charge on any atom is -0.480 e. The molecule has 1 amide bonds. The SMILES string of the molecule is COc1nc(-c2cc3c(cc2Cl)NC(=O)C3)cc2c1c(=O)n(Cc1ncn(C)n1)c(=O)n2Cc1cc(F)c(F)c(F)c1. The van der Waals surface area contributed by atoms with E-state index in [0.717, 1.165) is 21.3 Å². The number of hydrogen-bond donors (Lipinski definition) is 1. The molecular formula is C27H19ClF3N7O4. The molecule has 0 spiro atoms. The molecule has 5 aromatic rings. The highest BCUT2D eigenvalue weighted by atomic mass is 35.5. The normalized spacial score (nSPS) is 12.6. The molecule has 0 unspecified atom stereocenters. The van der Waals surface area contributed by atoms with E-state index in [1.54, 1.807) is 19.2 Å². The first-order valence-electron chi connectivity index (χ1n) is 12.4. The first-order valence-corrected chi connectivity index (χ1v) is 12.7. The van der Waals surface area contributed by atoms with Gasteiger partial charge in [0.1, 0.15) is 11.7 Å². The summed E-state index contributed by atoms with van der Waals surface area (Å²) in [4.78, 5) is 48.0. The smallest absolute Gasteiger partial charge is 0.332 e. The summed E-state index contributed by atoms with van der Waals surface area (Å²) in [6.45, 7) is -0.786. The quantitative estimate of drug-likeness (QED) is 0.298. The lowest BCUT2D eigenvalue weighted by Crippen LogP contribution is -2.41. The second-order valence-electron chi connectivity index (χ2n) is 9.59. The number of aromatic nitrogens is 6. The van der Waals surface area contributed by atoms with Gasteiger partial charge in [-0.15, -0.1) is 0 Å². The Morgan fingerprint density at radius 2 is 1.76 bits per heavy atom. The molecule has 0 saturated heterocycles. The van der Waals surface area contributed by atoms with E-state index in [1.807, 2.05) is 0 Å². The van der Waals surface area contributed by atoms with Crippen LogP contribution >= 0.6 is 11.6 Å². The fourth-order valence-corrected chi connectivity index (χ4v) is 5.16. The molecule has 11 nitrogen and oxygen atoms in total. The summed E-state index contributed by atoms with van der Waals surface area (Å²) in [5, 5.41) is 6.93. The fourth-order valence-electron chi connectivity index (χ4n) is 4.90. The van der Waals surface area contributed by atoms with Crippen LogP contribution in [0, 0.1) is 17.5 Å². The van der Waals surface area contributed by atoms with Gasteiger partial charge in [-0.3, -0.25) is 23.4 Å². The molecule has 15 heteroatoms. The molecule has 6 rings (SSSR count). The molecule has 0 saturated carbocycles. The summed E-state index contributed by atoms with van der Waals surface area (Å²) in [5.41, 5.74) is 0.0611. The van der Waals surface area contributed by atoms with Crippen molar-refractivity contribution in [1.82, 2.24) is 28.9 Å². The fraction of sp³-hybridized carbons (Fsp3) is 0.185. The van der Waals surface area contributed by atoms with Gasteiger partial charge in [0.15, 0.2) is 23.3 Å². The maximum atomic E-state index is 14.1. The minimum absolute atomic E-state index is 0.00740. The van der Waals surface area contributed by atoms with Gasteiger partial charge >= 0.3 is 5.69 Å². The van der Waals surface area contributed by atoms with Crippen LogP contribution in [0.4, 0.5) is 18.9 Å². The van der Waals surface area contributed by atoms with Crippen molar-refractivity contribution in [1.29, 1.82) is 0 Å². The van der Waals surface area contributed by atoms with Gasteiger partial charge in [0.2, 0.25) is 11.8 Å². The summed E-state index contributed by atoms with van der Waals surface area (Å²) < 4.78 is 50.7. The highest BCUT2D eigenvalue weighted by Gasteiger charge is 2.24. The minimum atomic E-state index is -1.66. The molecule has 1 aliphatic heterocycles. The van der Waals surface area contributed by atoms with E-state index in [-0.39, 0.29) is 57.8 Å². The zero-order chi connectivity index (χ0) is 29.9. The number of carbonyl (C=O) groups excluding carboxylic acids is 1. The molecule has 214 valence electrons. The Morgan fingerprint density at radius 1 is 1.02 bits per heavy atom. The number of amides is 1. The molecule has 4 heterocycles. The summed E-state index contributed by atoms with van der Waals surface area (Å²) >= 11 is 6.53. The second-order valence-corrected chi connectivity index (χ2v) is 10.0. The molecule has 0 fully saturated rings. The number of nitrogens with one attached hydrogen (secondary N) is 1. The van der Waals surface area contributed by atoms with Crippen LogP contribution in [0.25, 0.3) is 22.2 Å². The van der Waals surface area contributed by atoms with Gasteiger partial charge in [-0.1, -0.05) is 11.6 Å². The van der Waals surface area contributed by atoms with Crippen LogP contribution in [0.3, 0.4) is 0 Å². The van der Waals surface area contributed by atoms with Crippen LogP contribution in [0.15, 0.2) is 46.2 Å². The number of benzene rings is 2. The molecule has 3 aromatic heterocycles. The third-order valence-corrected chi connectivity index (χ3v) is 7.11. The number of ether oxygens (including phenoxy) is 1. The summed E-state index contributed by atoms with van der Waals surface area (Å²) in [6.07, 6.45) is 1.50. The third-order valence-electron chi connectivity index (χ3n) is 6.80. The Labute approximate surface area is 238 Å². The van der Waals surface area contributed by atoms with Gasteiger partial charge in [-0.25, -0.2) is 27.9 Å². The number of rotatable bonds is 6. The standard InChI is InChI=1S/C27H19ClF3N7O4/c1-36-11-32-21(35-36)10-38-26(40)23-20(37(27(38)41)9-12-3-16(29)24(31)17(30)4-12)8-19(34-25(23)42-2)14-5-13-6-22(39)33-18(13)7-15(14)28/h3-5,7-8,11H,6,9-10H2,1-2H3,(H,33,39). The number of methoxy groups -OCH3 is 1. The van der Waals surface area contributed by atoms with Crippen molar-refractivity contribution >= 4 is 34.1 Å². The van der Waals surface area contributed by atoms with Crippen LogP contribution in [0.5, 0.6) is 5.88 Å². The van der Waals surface area contributed by atoms with E-state index in [9.17, 15) is 27.6 Å². The topological polar surface area (TPSA) is 126 Å². The third kappa shape index (κ3) is 4.59. The first-order chi connectivity index (χ1) is 20.0. The van der Waals surface area contributed by atoms with Crippen molar-refractivity contribution in [2.45, 2.75) is 19.5 Å². The van der Waals surface area contributed by atoms with Gasteiger partial charge in [0, 0.05) is 18.3 Å². The van der Waals surface area contributed by atoms with Crippen LogP contribution in [0.1, 0.15) is 17.0 Å². The van der Waals surface area contributed by atoms with Crippen molar-refractivity contribution in [2.75, 3.05) is 12.4 Å². The van der Waals surface area contributed by atoms with Crippen molar-refractivity contribution in [2.24, 2.45) is 7.05 Å². The van der Waals surface area contributed by atoms with E-state index in [2.05, 4.69) is 20.4 Å². The Hall–Kier alpha value is -4.98. The van der Waals surface area contributed by atoms with E-state index in [4.69, 9.17) is 16.3 Å². The molecule has 0 atom stereocenters. The summed E-state index contributed by atoms with van der Waals surface area (Å²) in [7, 11) is 2.89. The predicted molar refractivity (Wildman–Crippen MR) is 145 cm³/mol. The van der Waals surface area contributed by atoms with Crippen LogP contribution < -0.4 is 21.3 Å². The maximum Gasteiger partial charge on any atom is 0.332 e. The number of carbonyl (C=O) groups is 1. The number of nitrogens with zero attached hydrogens (tertiary/aromatic N) is 6. The number of pyridine rings is 1. The monoisotopic (exact) mass is 597 g/mol. The summed E-state index contributed by atoms with van der Waals surface area (Å²) in [5.74, 6) is -4.76. The first kappa shape index (κ1) is 27.2. The number of aryl methyl sites for hydroxylation is 1. The molecule has 1 aliphatic rings. The molecule has 42 heavy (non-hydrogen) atoms. The van der Waals surface area contributed by atoms with Gasteiger partial charge < -0.3 is 10.1 Å². The van der Waals surface area contributed by atoms with Crippen LogP contribution in [-0.2, 0) is 31.4 Å². The van der Waals surface area contributed by atoms with Gasteiger partial charge in [0.05, 0.1) is 42.9 Å². The Balaban J connectivity index is 1.63. The van der Waals surface area contributed by atoms with Crippen molar-refractivity contribution in [3.8, 4) is 17.1 Å². The Kier molecular flexibility index (Phi) is 6.56. The van der Waals surface area contributed by atoms with E-state index in [1.165, 1.54) is 24.2 Å². The Morgan fingerprint density at radius 3 is 2.43 bits per heavy atom. The number of fused-ring (bicyclic) bond motifs is 2. The van der Waals surface area contributed by atoms with E-state index in [0.29, 0.717) is 16.8 Å². The van der Waals surface area contributed by atoms with Crippen LogP contribution in [0.2, 0.25) is 5.02 Å². The second kappa shape index (κ2) is 10.1. The van der Waals surface area contributed by atoms with Gasteiger partial charge in [-0.05, 0) is 41.5 Å². The molecule has 0 radical (unpaired) electrons. The highest BCUT2D eigenvalue weighted by Crippen LogP contribution is 2.37. The van der Waals surface area contributed by atoms with Crippen molar-refractivity contribution in [3.05, 3.63) is 96.9 Å². The molecular weight excluding hydrogens is 579 g/mol. The maximum absolute atomic E-state index is 14.1. The van der Waals surface area contributed by atoms with Crippen molar-refractivity contribution < 1.29 is 22.7 Å². The molecule has 2 aromatic carbocycles. The average molecular weight is 598 g/mol. The Bertz CT molecular complexity index is 2050. The molecule has 1 N–H and O–H groups in total. The average Bonchev–Trinajstić information content (AvgIpc) is 3.53. The van der Waals surface area contributed by atoms with E-state index < -0.39 is 35.2 Å². The largest absolute Gasteiger partial charge is 0.480 e. The lowest BCUT2D eigenvalue weighted by molar-refractivity contribution is -0.115. The zero-order valence-electron chi connectivity index (χ0n) is 21.9. The number of anilines is 1. The number of halogens is 4. The number of hydrogen-bond acceptors (Lipinski definition) is 7. The van der Waals surface area contributed by atoms with Gasteiger partial charge in [-0.2, -0.15) is 5.10 Å². The molecule has 0 bridgehead atoms. The van der Waals surface area contributed by atoms with Gasteiger partial charge in [0.25, 0.3) is 5.56 Å². The van der Waals surface area contributed by atoms with E-state index >= 15 is 0 Å². The molecule has 0 aliphatic carbocycles. The highest BCUT2D eigenvalue weighted by molar-refractivity contribution is 6.34. The lowest BCUT2D eigenvalue weighted by Gasteiger charge is -2.17. The van der Waals surface area contributed by atoms with Crippen molar-refractivity contribution in [3.63, 3.8) is 0 Å². The summed E-state index contributed by atoms with van der Waals surface area (Å²) in [6, 6.07) is 6.15.